The van der Waals surface area contributed by atoms with Crippen molar-refractivity contribution in [1.82, 2.24) is 10.1 Å². The number of benzene rings is 3. The summed E-state index contributed by atoms with van der Waals surface area (Å²) in [4.78, 5) is 16.8. The number of hydrogen-bond donors (Lipinski definition) is 1. The van der Waals surface area contributed by atoms with Crippen LogP contribution in [-0.4, -0.2) is 22.7 Å². The van der Waals surface area contributed by atoms with E-state index in [1.807, 2.05) is 80.6 Å². The number of aryl methyl sites for hydroxylation is 2. The van der Waals surface area contributed by atoms with Crippen molar-refractivity contribution in [2.45, 2.75) is 13.8 Å². The zero-order valence-corrected chi connectivity index (χ0v) is 16.8. The second kappa shape index (κ2) is 8.61. The maximum atomic E-state index is 12.3. The van der Waals surface area contributed by atoms with Gasteiger partial charge >= 0.3 is 0 Å². The summed E-state index contributed by atoms with van der Waals surface area (Å²) in [7, 11) is 0. The molecule has 1 amide bonds. The Balaban J connectivity index is 1.49. The third-order valence-electron chi connectivity index (χ3n) is 4.59. The van der Waals surface area contributed by atoms with Gasteiger partial charge in [-0.05, 0) is 49.2 Å². The fourth-order valence-corrected chi connectivity index (χ4v) is 3.10. The van der Waals surface area contributed by atoms with Gasteiger partial charge in [-0.15, -0.1) is 0 Å². The van der Waals surface area contributed by atoms with E-state index in [1.54, 1.807) is 6.07 Å². The maximum Gasteiger partial charge on any atom is 0.262 e. The molecular weight excluding hydrogens is 378 g/mol. The molecule has 1 aromatic heterocycles. The van der Waals surface area contributed by atoms with Crippen molar-refractivity contribution in [3.8, 4) is 28.6 Å². The highest BCUT2D eigenvalue weighted by atomic mass is 16.5. The molecule has 6 nitrogen and oxygen atoms in total. The van der Waals surface area contributed by atoms with Crippen molar-refractivity contribution < 1.29 is 14.1 Å². The molecular formula is C24H21N3O3. The SMILES string of the molecule is Cc1cccc(NC(=O)COc2ccccc2-c2nc(-c3ccccc3C)no2)c1. The first-order chi connectivity index (χ1) is 14.6. The Morgan fingerprint density at radius 2 is 1.73 bits per heavy atom. The van der Waals surface area contributed by atoms with Crippen LogP contribution in [0.1, 0.15) is 11.1 Å². The van der Waals surface area contributed by atoms with Crippen molar-refractivity contribution in [2.75, 3.05) is 11.9 Å². The van der Waals surface area contributed by atoms with Crippen LogP contribution in [0.5, 0.6) is 5.75 Å². The molecule has 30 heavy (non-hydrogen) atoms. The molecule has 3 aromatic carbocycles. The Hall–Kier alpha value is -3.93. The van der Waals surface area contributed by atoms with Crippen molar-refractivity contribution in [3.63, 3.8) is 0 Å². The lowest BCUT2D eigenvalue weighted by atomic mass is 10.1. The van der Waals surface area contributed by atoms with Gasteiger partial charge < -0.3 is 14.6 Å². The van der Waals surface area contributed by atoms with Crippen LogP contribution in [0.2, 0.25) is 0 Å². The number of ether oxygens (including phenoxy) is 1. The predicted molar refractivity (Wildman–Crippen MR) is 115 cm³/mol. The quantitative estimate of drug-likeness (QED) is 0.492. The molecule has 0 atom stereocenters. The van der Waals surface area contributed by atoms with E-state index in [0.717, 1.165) is 22.4 Å². The van der Waals surface area contributed by atoms with Gasteiger partial charge in [0.05, 0.1) is 5.56 Å². The first-order valence-corrected chi connectivity index (χ1v) is 9.58. The van der Waals surface area contributed by atoms with Crippen LogP contribution in [0.3, 0.4) is 0 Å². The summed E-state index contributed by atoms with van der Waals surface area (Å²) in [5.74, 6) is 1.09. The lowest BCUT2D eigenvalue weighted by molar-refractivity contribution is -0.118. The minimum absolute atomic E-state index is 0.135. The van der Waals surface area contributed by atoms with Gasteiger partial charge in [0.15, 0.2) is 6.61 Å². The lowest BCUT2D eigenvalue weighted by Gasteiger charge is -2.10. The third kappa shape index (κ3) is 4.38. The number of rotatable bonds is 6. The number of aromatic nitrogens is 2. The zero-order valence-electron chi connectivity index (χ0n) is 16.8. The van der Waals surface area contributed by atoms with Crippen molar-refractivity contribution in [3.05, 3.63) is 83.9 Å². The second-order valence-electron chi connectivity index (χ2n) is 6.94. The van der Waals surface area contributed by atoms with Crippen molar-refractivity contribution in [1.29, 1.82) is 0 Å². The van der Waals surface area contributed by atoms with Gasteiger partial charge in [-0.2, -0.15) is 4.98 Å². The summed E-state index contributed by atoms with van der Waals surface area (Å²) in [6, 6.07) is 22.7. The Bertz CT molecular complexity index is 1180. The molecule has 0 fully saturated rings. The molecule has 0 bridgehead atoms. The summed E-state index contributed by atoms with van der Waals surface area (Å²) in [5, 5.41) is 6.93. The number of carbonyl (C=O) groups is 1. The summed E-state index contributed by atoms with van der Waals surface area (Å²) in [6.07, 6.45) is 0. The smallest absolute Gasteiger partial charge is 0.262 e. The van der Waals surface area contributed by atoms with E-state index >= 15 is 0 Å². The highest BCUT2D eigenvalue weighted by Gasteiger charge is 2.16. The Kier molecular flexibility index (Phi) is 5.57. The van der Waals surface area contributed by atoms with E-state index in [-0.39, 0.29) is 12.5 Å². The number of nitrogens with one attached hydrogen (secondary N) is 1. The summed E-state index contributed by atoms with van der Waals surface area (Å²) in [6.45, 7) is 3.83. The normalized spacial score (nSPS) is 10.6. The average Bonchev–Trinajstić information content (AvgIpc) is 3.23. The molecule has 0 saturated carbocycles. The summed E-state index contributed by atoms with van der Waals surface area (Å²) >= 11 is 0. The van der Waals surface area contributed by atoms with Gasteiger partial charge in [0.2, 0.25) is 5.82 Å². The molecule has 0 unspecified atom stereocenters. The molecule has 0 aliphatic heterocycles. The van der Waals surface area contributed by atoms with Gasteiger partial charge in [0, 0.05) is 11.3 Å². The van der Waals surface area contributed by atoms with Crippen LogP contribution in [0, 0.1) is 13.8 Å². The number of carbonyl (C=O) groups excluding carboxylic acids is 1. The number of nitrogens with zero attached hydrogens (tertiary/aromatic N) is 2. The Labute approximate surface area is 174 Å². The zero-order chi connectivity index (χ0) is 20.9. The molecule has 0 aliphatic carbocycles. The van der Waals surface area contributed by atoms with Gasteiger partial charge in [-0.1, -0.05) is 53.7 Å². The Morgan fingerprint density at radius 1 is 0.967 bits per heavy atom. The largest absolute Gasteiger partial charge is 0.483 e. The van der Waals surface area contributed by atoms with E-state index in [9.17, 15) is 4.79 Å². The number of anilines is 1. The highest BCUT2D eigenvalue weighted by molar-refractivity contribution is 5.92. The maximum absolute atomic E-state index is 12.3. The first kappa shape index (κ1) is 19.4. The molecule has 0 spiro atoms. The summed E-state index contributed by atoms with van der Waals surface area (Å²) < 4.78 is 11.2. The van der Waals surface area contributed by atoms with E-state index in [1.165, 1.54) is 0 Å². The topological polar surface area (TPSA) is 77.2 Å². The standard InChI is InChI=1S/C24H21N3O3/c1-16-8-7-10-18(14-16)25-22(28)15-29-21-13-6-5-12-20(21)24-26-23(27-30-24)19-11-4-3-9-17(19)2/h3-14H,15H2,1-2H3,(H,25,28). The average molecular weight is 399 g/mol. The van der Waals surface area contributed by atoms with Gasteiger partial charge in [0.1, 0.15) is 5.75 Å². The highest BCUT2D eigenvalue weighted by Crippen LogP contribution is 2.30. The fraction of sp³-hybridized carbons (Fsp3) is 0.125. The van der Waals surface area contributed by atoms with Gasteiger partial charge in [0.25, 0.3) is 11.8 Å². The molecule has 1 heterocycles. The Morgan fingerprint density at radius 3 is 2.53 bits per heavy atom. The van der Waals surface area contributed by atoms with Crippen LogP contribution in [0.15, 0.2) is 77.3 Å². The van der Waals surface area contributed by atoms with Gasteiger partial charge in [-0.3, -0.25) is 4.79 Å². The number of para-hydroxylation sites is 1. The van der Waals surface area contributed by atoms with E-state index in [0.29, 0.717) is 23.0 Å². The van der Waals surface area contributed by atoms with Crippen LogP contribution >= 0.6 is 0 Å². The van der Waals surface area contributed by atoms with Crippen molar-refractivity contribution >= 4 is 11.6 Å². The number of hydrogen-bond acceptors (Lipinski definition) is 5. The molecule has 150 valence electrons. The number of amides is 1. The van der Waals surface area contributed by atoms with E-state index in [4.69, 9.17) is 9.26 Å². The molecule has 0 radical (unpaired) electrons. The minimum atomic E-state index is -0.249. The van der Waals surface area contributed by atoms with Crippen LogP contribution in [-0.2, 0) is 4.79 Å². The van der Waals surface area contributed by atoms with E-state index in [2.05, 4.69) is 15.5 Å². The predicted octanol–water partition coefficient (Wildman–Crippen LogP) is 5.04. The van der Waals surface area contributed by atoms with Crippen LogP contribution in [0.25, 0.3) is 22.8 Å². The van der Waals surface area contributed by atoms with Crippen LogP contribution in [0.4, 0.5) is 5.69 Å². The second-order valence-corrected chi connectivity index (χ2v) is 6.94. The molecule has 4 aromatic rings. The van der Waals surface area contributed by atoms with Gasteiger partial charge in [-0.25, -0.2) is 0 Å². The monoisotopic (exact) mass is 399 g/mol. The molecule has 6 heteroatoms. The molecule has 0 saturated heterocycles. The first-order valence-electron chi connectivity index (χ1n) is 9.58. The molecule has 4 rings (SSSR count). The van der Waals surface area contributed by atoms with Crippen LogP contribution < -0.4 is 10.1 Å². The van der Waals surface area contributed by atoms with Crippen molar-refractivity contribution in [2.24, 2.45) is 0 Å². The minimum Gasteiger partial charge on any atom is -0.483 e. The molecule has 0 aliphatic rings. The van der Waals surface area contributed by atoms with E-state index < -0.39 is 0 Å². The fourth-order valence-electron chi connectivity index (χ4n) is 3.10. The lowest BCUT2D eigenvalue weighted by Crippen LogP contribution is -2.20. The summed E-state index contributed by atoms with van der Waals surface area (Å²) in [5.41, 5.74) is 4.40. The third-order valence-corrected chi connectivity index (χ3v) is 4.59. The molecule has 1 N–H and O–H groups in total.